The molecule has 0 heterocycles. The number of benzene rings is 2. The van der Waals surface area contributed by atoms with Gasteiger partial charge in [0, 0.05) is 0 Å². The fraction of sp³-hybridized carbons (Fsp3) is 0.158. The molecule has 0 atom stereocenters. The van der Waals surface area contributed by atoms with Gasteiger partial charge in [-0.25, -0.2) is 13.8 Å². The van der Waals surface area contributed by atoms with Crippen molar-refractivity contribution in [1.82, 2.24) is 5.43 Å². The maximum Gasteiger partial charge on any atom is 0.260 e. The highest BCUT2D eigenvalue weighted by Gasteiger charge is 2.23. The minimum absolute atomic E-state index is 0.0367. The topological polar surface area (TPSA) is 88.1 Å². The summed E-state index contributed by atoms with van der Waals surface area (Å²) >= 11 is 12.0. The summed E-state index contributed by atoms with van der Waals surface area (Å²) in [4.78, 5) is 12.2. The molecule has 0 aliphatic rings. The summed E-state index contributed by atoms with van der Waals surface area (Å²) in [6, 6.07) is 11.5. The van der Waals surface area contributed by atoms with E-state index in [1.165, 1.54) is 18.3 Å². The molecule has 0 fully saturated rings. The highest BCUT2D eigenvalue weighted by atomic mass is 35.5. The molecule has 0 bridgehead atoms. The Morgan fingerprint density at radius 1 is 1.24 bits per heavy atom. The van der Waals surface area contributed by atoms with Gasteiger partial charge in [-0.2, -0.15) is 5.10 Å². The number of carbonyl (C=O) groups is 1. The number of anilines is 1. The molecule has 1 N–H and O–H groups in total. The predicted molar refractivity (Wildman–Crippen MR) is 117 cm³/mol. The van der Waals surface area contributed by atoms with Gasteiger partial charge in [0.1, 0.15) is 18.9 Å². The molecule has 0 aliphatic carbocycles. The number of hydrogen-bond acceptors (Lipinski definition) is 5. The fourth-order valence-electron chi connectivity index (χ4n) is 2.22. The Labute approximate surface area is 179 Å². The Hall–Kier alpha value is -2.55. The molecule has 2 aromatic carbocycles. The number of ether oxygens (including phenoxy) is 1. The number of carbonyl (C=O) groups excluding carboxylic acids is 1. The van der Waals surface area contributed by atoms with Crippen LogP contribution in [0.4, 0.5) is 5.69 Å². The van der Waals surface area contributed by atoms with E-state index in [1.54, 1.807) is 36.4 Å². The van der Waals surface area contributed by atoms with Crippen molar-refractivity contribution < 1.29 is 17.9 Å². The average molecular weight is 456 g/mol. The van der Waals surface area contributed by atoms with E-state index in [9.17, 15) is 13.2 Å². The van der Waals surface area contributed by atoms with Gasteiger partial charge in [-0.3, -0.25) is 9.10 Å². The van der Waals surface area contributed by atoms with Crippen LogP contribution in [0.25, 0.3) is 0 Å². The maximum absolute atomic E-state index is 12.2. The molecule has 2 rings (SSSR count). The first-order valence-corrected chi connectivity index (χ1v) is 10.9. The van der Waals surface area contributed by atoms with Crippen LogP contribution in [0.15, 0.2) is 60.2 Å². The third-order valence-corrected chi connectivity index (χ3v) is 5.47. The normalized spacial score (nSPS) is 11.3. The van der Waals surface area contributed by atoms with Crippen LogP contribution in [0, 0.1) is 0 Å². The van der Waals surface area contributed by atoms with Crippen molar-refractivity contribution in [3.05, 3.63) is 70.7 Å². The van der Waals surface area contributed by atoms with Gasteiger partial charge in [-0.05, 0) is 42.0 Å². The second-order valence-electron chi connectivity index (χ2n) is 5.80. The molecule has 7 nitrogen and oxygen atoms in total. The first-order valence-electron chi connectivity index (χ1n) is 8.29. The number of amides is 1. The van der Waals surface area contributed by atoms with E-state index in [0.29, 0.717) is 17.9 Å². The molecule has 10 heteroatoms. The number of sulfonamides is 1. The van der Waals surface area contributed by atoms with Crippen molar-refractivity contribution in [2.75, 3.05) is 23.7 Å². The Morgan fingerprint density at radius 3 is 2.55 bits per heavy atom. The first kappa shape index (κ1) is 22.7. The van der Waals surface area contributed by atoms with Gasteiger partial charge in [0.2, 0.25) is 10.0 Å². The molecule has 0 saturated heterocycles. The smallest absolute Gasteiger partial charge is 0.260 e. The maximum atomic E-state index is 12.2. The van der Waals surface area contributed by atoms with Gasteiger partial charge < -0.3 is 4.74 Å². The lowest BCUT2D eigenvalue weighted by Crippen LogP contribution is -2.39. The molecule has 0 unspecified atom stereocenters. The van der Waals surface area contributed by atoms with Crippen molar-refractivity contribution in [3.63, 3.8) is 0 Å². The standard InChI is InChI=1S/C19H19Cl2N3O4S/c1-3-11-28-15-9-7-14(8-10-15)12-22-23-18(25)13-24(29(2,26)27)17-6-4-5-16(20)19(17)21/h3-10,12H,1,11,13H2,2H3,(H,23,25)/b22-12-. The van der Waals surface area contributed by atoms with Crippen molar-refractivity contribution >= 4 is 51.0 Å². The van der Waals surface area contributed by atoms with E-state index >= 15 is 0 Å². The Morgan fingerprint density at radius 2 is 1.93 bits per heavy atom. The lowest BCUT2D eigenvalue weighted by Gasteiger charge is -2.22. The van der Waals surface area contributed by atoms with Crippen LogP contribution in [0.5, 0.6) is 5.75 Å². The number of hydrogen-bond donors (Lipinski definition) is 1. The number of hydrazone groups is 1. The Kier molecular flexibility index (Phi) is 8.07. The van der Waals surface area contributed by atoms with Gasteiger partial charge in [0.15, 0.2) is 0 Å². The van der Waals surface area contributed by atoms with Crippen molar-refractivity contribution in [1.29, 1.82) is 0 Å². The Bertz CT molecular complexity index is 1010. The summed E-state index contributed by atoms with van der Waals surface area (Å²) in [7, 11) is -3.79. The van der Waals surface area contributed by atoms with Crippen LogP contribution in [0.1, 0.15) is 5.56 Å². The van der Waals surface area contributed by atoms with Crippen LogP contribution >= 0.6 is 23.2 Å². The summed E-state index contributed by atoms with van der Waals surface area (Å²) in [5, 5.41) is 4.05. The monoisotopic (exact) mass is 455 g/mol. The van der Waals surface area contributed by atoms with E-state index < -0.39 is 22.5 Å². The largest absolute Gasteiger partial charge is 0.490 e. The minimum Gasteiger partial charge on any atom is -0.490 e. The van der Waals surface area contributed by atoms with Gasteiger partial charge >= 0.3 is 0 Å². The van der Waals surface area contributed by atoms with Crippen LogP contribution in [0.3, 0.4) is 0 Å². The van der Waals surface area contributed by atoms with E-state index in [1.807, 2.05) is 0 Å². The number of nitrogens with one attached hydrogen (secondary N) is 1. The van der Waals surface area contributed by atoms with Crippen LogP contribution in [0.2, 0.25) is 10.0 Å². The van der Waals surface area contributed by atoms with Crippen LogP contribution in [-0.4, -0.2) is 39.9 Å². The Balaban J connectivity index is 2.04. The zero-order valence-corrected chi connectivity index (χ0v) is 17.8. The first-order chi connectivity index (χ1) is 13.7. The molecule has 29 heavy (non-hydrogen) atoms. The quantitative estimate of drug-likeness (QED) is 0.356. The molecule has 0 radical (unpaired) electrons. The zero-order chi connectivity index (χ0) is 21.4. The fourth-order valence-corrected chi connectivity index (χ4v) is 3.52. The molecule has 0 aromatic heterocycles. The second-order valence-corrected chi connectivity index (χ2v) is 8.50. The number of nitrogens with zero attached hydrogens (tertiary/aromatic N) is 2. The molecule has 0 saturated carbocycles. The van der Waals surface area contributed by atoms with Gasteiger partial charge in [0.05, 0.1) is 28.2 Å². The molecule has 2 aromatic rings. The van der Waals surface area contributed by atoms with E-state index in [4.69, 9.17) is 27.9 Å². The van der Waals surface area contributed by atoms with Crippen molar-refractivity contribution in [2.24, 2.45) is 5.10 Å². The highest BCUT2D eigenvalue weighted by molar-refractivity contribution is 7.92. The molecule has 0 spiro atoms. The molecule has 1 amide bonds. The average Bonchev–Trinajstić information content (AvgIpc) is 2.67. The van der Waals surface area contributed by atoms with Gasteiger partial charge in [-0.1, -0.05) is 41.9 Å². The predicted octanol–water partition coefficient (Wildman–Crippen LogP) is 3.47. The highest BCUT2D eigenvalue weighted by Crippen LogP contribution is 2.33. The SMILES string of the molecule is C=CCOc1ccc(/C=N\NC(=O)CN(c2cccc(Cl)c2Cl)S(C)(=O)=O)cc1. The van der Waals surface area contributed by atoms with Crippen molar-refractivity contribution in [2.45, 2.75) is 0 Å². The van der Waals surface area contributed by atoms with Gasteiger partial charge in [0.25, 0.3) is 5.91 Å². The summed E-state index contributed by atoms with van der Waals surface area (Å²) < 4.78 is 30.5. The molecular weight excluding hydrogens is 437 g/mol. The zero-order valence-electron chi connectivity index (χ0n) is 15.5. The third kappa shape index (κ3) is 6.77. The number of halogens is 2. The summed E-state index contributed by atoms with van der Waals surface area (Å²) in [6.45, 7) is 3.46. The third-order valence-electron chi connectivity index (χ3n) is 3.54. The molecule has 154 valence electrons. The number of rotatable bonds is 9. The second kappa shape index (κ2) is 10.3. The lowest BCUT2D eigenvalue weighted by molar-refractivity contribution is -0.119. The van der Waals surface area contributed by atoms with Gasteiger partial charge in [-0.15, -0.1) is 0 Å². The van der Waals surface area contributed by atoms with Crippen LogP contribution < -0.4 is 14.5 Å². The lowest BCUT2D eigenvalue weighted by atomic mass is 10.2. The van der Waals surface area contributed by atoms with E-state index in [-0.39, 0.29) is 15.7 Å². The van der Waals surface area contributed by atoms with Crippen LogP contribution in [-0.2, 0) is 14.8 Å². The van der Waals surface area contributed by atoms with Crippen molar-refractivity contribution in [3.8, 4) is 5.75 Å². The summed E-state index contributed by atoms with van der Waals surface area (Å²) in [5.74, 6) is 0.0296. The van der Waals surface area contributed by atoms with E-state index in [0.717, 1.165) is 10.6 Å². The minimum atomic E-state index is -3.79. The molecule has 0 aliphatic heterocycles. The van der Waals surface area contributed by atoms with E-state index in [2.05, 4.69) is 17.1 Å². The summed E-state index contributed by atoms with van der Waals surface area (Å²) in [5.41, 5.74) is 3.11. The summed E-state index contributed by atoms with van der Waals surface area (Å²) in [6.07, 6.45) is 4.03. The molecular formula is C19H19Cl2N3O4S.